The van der Waals surface area contributed by atoms with Crippen molar-refractivity contribution in [1.29, 1.82) is 0 Å². The fourth-order valence-corrected chi connectivity index (χ4v) is 11.8. The van der Waals surface area contributed by atoms with E-state index in [-0.39, 0.29) is 0 Å². The molecule has 15 aromatic rings. The van der Waals surface area contributed by atoms with E-state index in [2.05, 4.69) is 289 Å². The molecule has 0 aliphatic heterocycles. The van der Waals surface area contributed by atoms with E-state index in [1.54, 1.807) is 0 Å². The Morgan fingerprint density at radius 1 is 0.293 bits per heavy atom. The molecule has 75 heavy (non-hydrogen) atoms. The molecule has 0 atom stereocenters. The molecule has 3 heteroatoms. The summed E-state index contributed by atoms with van der Waals surface area (Å²) in [6.45, 7) is 0. The molecule has 0 fully saturated rings. The lowest BCUT2D eigenvalue weighted by Gasteiger charge is -2.28. The van der Waals surface area contributed by atoms with Gasteiger partial charge in [0.15, 0.2) is 0 Å². The molecule has 2 aromatic heterocycles. The smallest absolute Gasteiger partial charge is 0.143 e. The van der Waals surface area contributed by atoms with E-state index >= 15 is 0 Å². The number of aromatic nitrogens is 1. The maximum Gasteiger partial charge on any atom is 0.143 e. The lowest BCUT2D eigenvalue weighted by molar-refractivity contribution is 0.673. The van der Waals surface area contributed by atoms with Crippen LogP contribution in [0.4, 0.5) is 17.1 Å². The summed E-state index contributed by atoms with van der Waals surface area (Å²) in [6.07, 6.45) is 0. The van der Waals surface area contributed by atoms with E-state index in [4.69, 9.17) is 4.42 Å². The third-order valence-electron chi connectivity index (χ3n) is 15.4. The SMILES string of the molecule is c1cc(-c2ccc(N(c3ccc(-c4ccc(-c5ccc6ccc7ccccc7c6c5)cc4)cc3)c3ccccc3-c3cccc4oc5c6ccccc6ccc5c34)cc2)cc(-n2c3ccccc3c3ccccc32)c1. The van der Waals surface area contributed by atoms with Crippen LogP contribution in [0.2, 0.25) is 0 Å². The van der Waals surface area contributed by atoms with Crippen molar-refractivity contribution in [1.82, 2.24) is 4.57 Å². The number of furan rings is 1. The van der Waals surface area contributed by atoms with Crippen molar-refractivity contribution in [3.05, 3.63) is 279 Å². The molecule has 0 bridgehead atoms. The third kappa shape index (κ3) is 7.12. The largest absolute Gasteiger partial charge is 0.455 e. The van der Waals surface area contributed by atoms with Crippen LogP contribution in [-0.2, 0) is 0 Å². The molecule has 0 saturated heterocycles. The zero-order valence-electron chi connectivity index (χ0n) is 40.9. The van der Waals surface area contributed by atoms with Gasteiger partial charge in [0, 0.05) is 49.6 Å². The number of benzene rings is 13. The maximum absolute atomic E-state index is 6.73. The van der Waals surface area contributed by atoms with Crippen LogP contribution in [0, 0.1) is 0 Å². The van der Waals surface area contributed by atoms with Crippen LogP contribution in [0.15, 0.2) is 283 Å². The maximum atomic E-state index is 6.73. The summed E-state index contributed by atoms with van der Waals surface area (Å²) in [7, 11) is 0. The zero-order valence-corrected chi connectivity index (χ0v) is 40.9. The Bertz CT molecular complexity index is 4640. The molecule has 3 nitrogen and oxygen atoms in total. The first kappa shape index (κ1) is 42.7. The van der Waals surface area contributed by atoms with Gasteiger partial charge in [-0.15, -0.1) is 0 Å². The minimum absolute atomic E-state index is 0.872. The molecular formula is C72H46N2O. The average Bonchev–Trinajstić information content (AvgIpc) is 4.05. The van der Waals surface area contributed by atoms with Gasteiger partial charge in [0.05, 0.1) is 16.7 Å². The highest BCUT2D eigenvalue weighted by molar-refractivity contribution is 6.20. The number of para-hydroxylation sites is 3. The Hall–Kier alpha value is -9.96. The average molecular weight is 955 g/mol. The summed E-state index contributed by atoms with van der Waals surface area (Å²) >= 11 is 0. The first-order valence-corrected chi connectivity index (χ1v) is 25.7. The second-order valence-electron chi connectivity index (χ2n) is 19.6. The van der Waals surface area contributed by atoms with Crippen molar-refractivity contribution in [3.63, 3.8) is 0 Å². The van der Waals surface area contributed by atoms with E-state index in [0.717, 1.165) is 83.3 Å². The second kappa shape index (κ2) is 17.4. The van der Waals surface area contributed by atoms with Crippen molar-refractivity contribution < 1.29 is 4.42 Å². The second-order valence-corrected chi connectivity index (χ2v) is 19.6. The molecule has 350 valence electrons. The highest BCUT2D eigenvalue weighted by Crippen LogP contribution is 2.46. The Morgan fingerprint density at radius 3 is 1.47 bits per heavy atom. The van der Waals surface area contributed by atoms with Gasteiger partial charge in [0.2, 0.25) is 0 Å². The lowest BCUT2D eigenvalue weighted by atomic mass is 9.95. The Morgan fingerprint density at radius 2 is 0.773 bits per heavy atom. The summed E-state index contributed by atoms with van der Waals surface area (Å²) in [4.78, 5) is 2.40. The number of hydrogen-bond acceptors (Lipinski definition) is 2. The van der Waals surface area contributed by atoms with Gasteiger partial charge in [-0.3, -0.25) is 0 Å². The van der Waals surface area contributed by atoms with Gasteiger partial charge in [-0.2, -0.15) is 0 Å². The molecule has 0 N–H and O–H groups in total. The number of nitrogens with zero attached hydrogens (tertiary/aromatic N) is 2. The Balaban J connectivity index is 0.828. The topological polar surface area (TPSA) is 21.3 Å². The molecule has 0 saturated carbocycles. The number of rotatable bonds is 8. The molecule has 0 amide bonds. The molecular weight excluding hydrogens is 909 g/mol. The highest BCUT2D eigenvalue weighted by Gasteiger charge is 2.22. The molecule has 13 aromatic carbocycles. The molecule has 2 heterocycles. The van der Waals surface area contributed by atoms with Crippen LogP contribution in [0.25, 0.3) is 126 Å². The van der Waals surface area contributed by atoms with Gasteiger partial charge in [-0.05, 0) is 139 Å². The van der Waals surface area contributed by atoms with E-state index in [1.807, 2.05) is 0 Å². The van der Waals surface area contributed by atoms with Gasteiger partial charge in [-0.25, -0.2) is 0 Å². The number of hydrogen-bond donors (Lipinski definition) is 0. The Kier molecular flexibility index (Phi) is 9.89. The Labute approximate surface area is 434 Å². The van der Waals surface area contributed by atoms with Crippen molar-refractivity contribution >= 4 is 93.1 Å². The predicted molar refractivity (Wildman–Crippen MR) is 317 cm³/mol. The molecule has 15 rings (SSSR count). The fourth-order valence-electron chi connectivity index (χ4n) is 11.8. The molecule has 0 aliphatic rings. The number of anilines is 3. The van der Waals surface area contributed by atoms with Crippen molar-refractivity contribution in [2.45, 2.75) is 0 Å². The number of fused-ring (bicyclic) bond motifs is 11. The van der Waals surface area contributed by atoms with Crippen LogP contribution < -0.4 is 4.90 Å². The third-order valence-corrected chi connectivity index (χ3v) is 15.4. The lowest BCUT2D eigenvalue weighted by Crippen LogP contribution is -2.11. The monoisotopic (exact) mass is 954 g/mol. The standard InChI is InChI=1S/C72H46N2O/c1-3-17-59-51(13-1)31-32-53-33-34-55(46-66(53)59)49-29-27-47(28-30-49)48-35-40-56(41-36-48)73(67-23-8-7-21-63(67)64-22-12-26-70-71(64)65-44-39-52-14-2-4-18-60(52)72(65)75-70)57-42-37-50(38-43-57)54-15-11-16-58(45-54)74-68-24-9-5-19-61(68)62-20-6-10-25-69(62)74/h1-46H. The minimum atomic E-state index is 0.872. The van der Waals surface area contributed by atoms with E-state index in [1.165, 1.54) is 60.0 Å². The van der Waals surface area contributed by atoms with Crippen molar-refractivity contribution in [3.8, 4) is 50.2 Å². The van der Waals surface area contributed by atoms with E-state index < -0.39 is 0 Å². The van der Waals surface area contributed by atoms with Crippen LogP contribution in [0.5, 0.6) is 0 Å². The van der Waals surface area contributed by atoms with Crippen LogP contribution in [0.3, 0.4) is 0 Å². The highest BCUT2D eigenvalue weighted by atomic mass is 16.3. The molecule has 0 unspecified atom stereocenters. The van der Waals surface area contributed by atoms with Crippen LogP contribution in [0.1, 0.15) is 0 Å². The first-order valence-electron chi connectivity index (χ1n) is 25.7. The molecule has 0 aliphatic carbocycles. The van der Waals surface area contributed by atoms with Gasteiger partial charge >= 0.3 is 0 Å². The minimum Gasteiger partial charge on any atom is -0.455 e. The summed E-state index contributed by atoms with van der Waals surface area (Å²) < 4.78 is 9.12. The van der Waals surface area contributed by atoms with Crippen LogP contribution >= 0.6 is 0 Å². The summed E-state index contributed by atoms with van der Waals surface area (Å²) in [6, 6.07) is 101. The van der Waals surface area contributed by atoms with E-state index in [9.17, 15) is 0 Å². The summed E-state index contributed by atoms with van der Waals surface area (Å²) in [5, 5.41) is 12.1. The fraction of sp³-hybridized carbons (Fsp3) is 0. The quantitative estimate of drug-likeness (QED) is 0.142. The van der Waals surface area contributed by atoms with Gasteiger partial charge < -0.3 is 13.9 Å². The van der Waals surface area contributed by atoms with Crippen LogP contribution in [-0.4, -0.2) is 4.57 Å². The first-order chi connectivity index (χ1) is 37.2. The van der Waals surface area contributed by atoms with Crippen molar-refractivity contribution in [2.75, 3.05) is 4.90 Å². The summed E-state index contributed by atoms with van der Waals surface area (Å²) in [5.74, 6) is 0. The normalized spacial score (nSPS) is 11.7. The molecule has 0 spiro atoms. The van der Waals surface area contributed by atoms with E-state index in [0.29, 0.717) is 0 Å². The zero-order chi connectivity index (χ0) is 49.4. The van der Waals surface area contributed by atoms with Gasteiger partial charge in [-0.1, -0.05) is 206 Å². The molecule has 0 radical (unpaired) electrons. The van der Waals surface area contributed by atoms with Gasteiger partial charge in [0.1, 0.15) is 11.2 Å². The summed E-state index contributed by atoms with van der Waals surface area (Å²) in [5.41, 5.74) is 17.8. The predicted octanol–water partition coefficient (Wildman–Crippen LogP) is 20.3. The van der Waals surface area contributed by atoms with Gasteiger partial charge in [0.25, 0.3) is 0 Å². The van der Waals surface area contributed by atoms with Crippen molar-refractivity contribution in [2.24, 2.45) is 0 Å².